The van der Waals surface area contributed by atoms with Crippen LogP contribution in [0.25, 0.3) is 0 Å². The number of aryl methyl sites for hydroxylation is 1. The lowest BCUT2D eigenvalue weighted by molar-refractivity contribution is 0.0583. The molecule has 14 heavy (non-hydrogen) atoms. The minimum atomic E-state index is -0.737. The molecule has 0 aromatic carbocycles. The van der Waals surface area contributed by atoms with Gasteiger partial charge in [-0.2, -0.15) is 0 Å². The van der Waals surface area contributed by atoms with Crippen LogP contribution < -0.4 is 5.32 Å². The second-order valence-corrected chi connectivity index (χ2v) is 2.54. The summed E-state index contributed by atoms with van der Waals surface area (Å²) in [6, 6.07) is 0. The summed E-state index contributed by atoms with van der Waals surface area (Å²) in [6.07, 6.45) is 1.46. The molecule has 1 amide bonds. The van der Waals surface area contributed by atoms with Crippen molar-refractivity contribution >= 4 is 25.4 Å². The van der Waals surface area contributed by atoms with E-state index in [1.807, 2.05) is 0 Å². The number of ether oxygens (including phenoxy) is 1. The quantitative estimate of drug-likeness (QED) is 0.526. The van der Waals surface area contributed by atoms with Gasteiger partial charge in [-0.1, -0.05) is 0 Å². The first-order valence-corrected chi connectivity index (χ1v) is 3.72. The maximum Gasteiger partial charge on any atom is 0.374 e. The highest BCUT2D eigenvalue weighted by Gasteiger charge is 2.13. The maximum absolute atomic E-state index is 11.1. The molecule has 0 aliphatic heterocycles. The van der Waals surface area contributed by atoms with E-state index in [1.54, 1.807) is 7.05 Å². The van der Waals surface area contributed by atoms with E-state index in [-0.39, 0.29) is 11.6 Å². The van der Waals surface area contributed by atoms with Crippen molar-refractivity contribution in [3.63, 3.8) is 0 Å². The van der Waals surface area contributed by atoms with Gasteiger partial charge in [-0.15, -0.1) is 0 Å². The molecular weight excluding hydrogens is 185 g/mol. The van der Waals surface area contributed by atoms with Gasteiger partial charge in [0.1, 0.15) is 0 Å². The van der Waals surface area contributed by atoms with E-state index in [2.05, 4.69) is 15.0 Å². The summed E-state index contributed by atoms with van der Waals surface area (Å²) in [4.78, 5) is 25.4. The number of carbonyl (C=O) groups excluding carboxylic acids is 2. The number of methoxy groups -OCH3 is 1. The summed E-state index contributed by atoms with van der Waals surface area (Å²) in [5, 5.41) is 2.24. The lowest BCUT2D eigenvalue weighted by Gasteiger charge is -1.96. The minimum Gasteiger partial charge on any atom is -0.463 e. The number of esters is 1. The van der Waals surface area contributed by atoms with Crippen LogP contribution in [-0.4, -0.2) is 36.3 Å². The smallest absolute Gasteiger partial charge is 0.374 e. The number of amides is 1. The molecule has 1 aromatic heterocycles. The largest absolute Gasteiger partial charge is 0.463 e. The van der Waals surface area contributed by atoms with Crippen molar-refractivity contribution in [2.24, 2.45) is 7.05 Å². The van der Waals surface area contributed by atoms with Crippen molar-refractivity contribution in [3.05, 3.63) is 12.0 Å². The zero-order valence-corrected chi connectivity index (χ0v) is 7.77. The average molecular weight is 193 g/mol. The van der Waals surface area contributed by atoms with Crippen LogP contribution in [0.5, 0.6) is 0 Å². The molecule has 1 heterocycles. The van der Waals surface area contributed by atoms with Gasteiger partial charge in [0.2, 0.25) is 13.7 Å². The standard InChI is InChI=1S/C7H8BN3O3/c1-11-3-4(10-7(8)13)9-5(11)6(12)14-2/h3H,1-2H3,(H,10,13). The lowest BCUT2D eigenvalue weighted by Crippen LogP contribution is -2.10. The van der Waals surface area contributed by atoms with E-state index in [9.17, 15) is 9.59 Å². The van der Waals surface area contributed by atoms with E-state index in [4.69, 9.17) is 7.85 Å². The Hall–Kier alpha value is -1.79. The molecule has 0 atom stereocenters. The third kappa shape index (κ3) is 2.12. The zero-order valence-electron chi connectivity index (χ0n) is 7.77. The van der Waals surface area contributed by atoms with Crippen molar-refractivity contribution in [1.29, 1.82) is 0 Å². The lowest BCUT2D eigenvalue weighted by atomic mass is 10.1. The number of nitrogens with one attached hydrogen (secondary N) is 1. The second-order valence-electron chi connectivity index (χ2n) is 2.54. The molecule has 6 nitrogen and oxygen atoms in total. The summed E-state index contributed by atoms with van der Waals surface area (Å²) >= 11 is 0. The SMILES string of the molecule is [B]C(=O)Nc1cn(C)c(C(=O)OC)n1. The monoisotopic (exact) mass is 193 g/mol. The molecule has 1 N–H and O–H groups in total. The number of aromatic nitrogens is 2. The Morgan fingerprint density at radius 3 is 2.79 bits per heavy atom. The molecule has 0 unspecified atom stereocenters. The third-order valence-corrected chi connectivity index (χ3v) is 1.50. The van der Waals surface area contributed by atoms with Crippen molar-refractivity contribution in [2.45, 2.75) is 0 Å². The van der Waals surface area contributed by atoms with Crippen LogP contribution in [0.2, 0.25) is 0 Å². The second kappa shape index (κ2) is 3.95. The normalized spacial score (nSPS) is 9.57. The van der Waals surface area contributed by atoms with Crippen LogP contribution in [0.15, 0.2) is 6.20 Å². The number of anilines is 1. The van der Waals surface area contributed by atoms with Gasteiger partial charge < -0.3 is 14.6 Å². The fraction of sp³-hybridized carbons (Fsp3) is 0.286. The van der Waals surface area contributed by atoms with Gasteiger partial charge in [0, 0.05) is 13.2 Å². The molecule has 0 bridgehead atoms. The number of imidazole rings is 1. The number of carbonyl (C=O) groups is 2. The van der Waals surface area contributed by atoms with E-state index < -0.39 is 11.8 Å². The molecular formula is C7H8BN3O3. The first-order chi connectivity index (χ1) is 6.54. The molecule has 1 rings (SSSR count). The van der Waals surface area contributed by atoms with Crippen LogP contribution in [0.3, 0.4) is 0 Å². The van der Waals surface area contributed by atoms with E-state index in [1.165, 1.54) is 17.9 Å². The van der Waals surface area contributed by atoms with Gasteiger partial charge >= 0.3 is 5.97 Å². The van der Waals surface area contributed by atoms with Crippen LogP contribution >= 0.6 is 0 Å². The summed E-state index contributed by atoms with van der Waals surface area (Å²) in [5.74, 6) is -1.01. The number of nitrogens with zero attached hydrogens (tertiary/aromatic N) is 2. The average Bonchev–Trinajstić information content (AvgIpc) is 2.44. The zero-order chi connectivity index (χ0) is 10.7. The Bertz CT molecular complexity index is 374. The van der Waals surface area contributed by atoms with Crippen molar-refractivity contribution < 1.29 is 14.3 Å². The van der Waals surface area contributed by atoms with Gasteiger partial charge in [0.05, 0.1) is 7.11 Å². The molecule has 0 spiro atoms. The highest BCUT2D eigenvalue weighted by molar-refractivity contribution is 6.60. The summed E-state index contributed by atoms with van der Waals surface area (Å²) < 4.78 is 5.90. The predicted molar refractivity (Wildman–Crippen MR) is 49.3 cm³/mol. The Balaban J connectivity index is 2.93. The third-order valence-electron chi connectivity index (χ3n) is 1.50. The first kappa shape index (κ1) is 10.3. The molecule has 0 aliphatic rings. The predicted octanol–water partition coefficient (Wildman–Crippen LogP) is -0.0929. The van der Waals surface area contributed by atoms with E-state index >= 15 is 0 Å². The molecule has 0 saturated heterocycles. The van der Waals surface area contributed by atoms with E-state index in [0.29, 0.717) is 0 Å². The van der Waals surface area contributed by atoms with Gasteiger partial charge in [-0.3, -0.25) is 4.79 Å². The van der Waals surface area contributed by atoms with Crippen molar-refractivity contribution in [2.75, 3.05) is 12.4 Å². The van der Waals surface area contributed by atoms with Crippen LogP contribution in [0.1, 0.15) is 10.6 Å². The number of hydrogen-bond donors (Lipinski definition) is 1. The molecule has 0 aliphatic carbocycles. The van der Waals surface area contributed by atoms with Gasteiger partial charge in [0.25, 0.3) is 0 Å². The highest BCUT2D eigenvalue weighted by Crippen LogP contribution is 2.07. The van der Waals surface area contributed by atoms with Gasteiger partial charge in [-0.25, -0.2) is 9.78 Å². The molecule has 0 fully saturated rings. The summed E-state index contributed by atoms with van der Waals surface area (Å²) in [6.45, 7) is 0. The van der Waals surface area contributed by atoms with E-state index in [0.717, 1.165) is 0 Å². The van der Waals surface area contributed by atoms with Gasteiger partial charge in [-0.05, 0) is 0 Å². The fourth-order valence-electron chi connectivity index (χ4n) is 0.934. The fourth-order valence-corrected chi connectivity index (χ4v) is 0.934. The van der Waals surface area contributed by atoms with Gasteiger partial charge in [0.15, 0.2) is 11.6 Å². The Labute approximate surface area is 81.7 Å². The molecule has 2 radical (unpaired) electrons. The molecule has 1 aromatic rings. The minimum absolute atomic E-state index is 0.0938. The van der Waals surface area contributed by atoms with Crippen molar-refractivity contribution in [1.82, 2.24) is 9.55 Å². The molecule has 0 saturated carbocycles. The molecule has 7 heteroatoms. The maximum atomic E-state index is 11.1. The van der Waals surface area contributed by atoms with Crippen LogP contribution in [-0.2, 0) is 11.8 Å². The Morgan fingerprint density at radius 2 is 2.29 bits per heavy atom. The Kier molecular flexibility index (Phi) is 2.90. The van der Waals surface area contributed by atoms with Crippen LogP contribution in [0.4, 0.5) is 10.6 Å². The number of hydrogen-bond acceptors (Lipinski definition) is 4. The number of rotatable bonds is 2. The highest BCUT2D eigenvalue weighted by atomic mass is 16.5. The summed E-state index contributed by atoms with van der Waals surface area (Å²) in [7, 11) is 7.73. The van der Waals surface area contributed by atoms with Crippen LogP contribution in [0, 0.1) is 0 Å². The Morgan fingerprint density at radius 1 is 1.64 bits per heavy atom. The first-order valence-electron chi connectivity index (χ1n) is 3.72. The van der Waals surface area contributed by atoms with Crippen molar-refractivity contribution in [3.8, 4) is 0 Å². The molecule has 72 valence electrons. The summed E-state index contributed by atoms with van der Waals surface area (Å²) in [5.41, 5.74) is 0. The topological polar surface area (TPSA) is 73.2 Å².